The Morgan fingerprint density at radius 3 is 2.74 bits per heavy atom. The van der Waals surface area contributed by atoms with Gasteiger partial charge in [0.25, 0.3) is 5.91 Å². The zero-order valence-corrected chi connectivity index (χ0v) is 23.5. The molecule has 0 radical (unpaired) electrons. The summed E-state index contributed by atoms with van der Waals surface area (Å²) in [6.45, 7) is 4.52. The quantitative estimate of drug-likeness (QED) is 0.315. The van der Waals surface area contributed by atoms with Gasteiger partial charge < -0.3 is 15.2 Å². The Bertz CT molecular complexity index is 1660. The lowest BCUT2D eigenvalue weighted by atomic mass is 9.83. The molecule has 0 aromatic carbocycles. The molecule has 2 aliphatic rings. The minimum atomic E-state index is -4.75. The first kappa shape index (κ1) is 28.7. The van der Waals surface area contributed by atoms with Gasteiger partial charge in [0.1, 0.15) is 23.2 Å². The van der Waals surface area contributed by atoms with Crippen molar-refractivity contribution >= 4 is 16.9 Å². The largest absolute Gasteiger partial charge is 0.451 e. The molecule has 224 valence electrons. The first-order chi connectivity index (χ1) is 20.7. The third kappa shape index (κ3) is 5.55. The van der Waals surface area contributed by atoms with Crippen molar-refractivity contribution in [3.63, 3.8) is 0 Å². The van der Waals surface area contributed by atoms with E-state index in [9.17, 15) is 23.2 Å². The maximum Gasteiger partial charge on any atom is 0.451 e. The molecular weight excluding hydrogens is 563 g/mol. The highest BCUT2D eigenvalue weighted by Crippen LogP contribution is 2.37. The molecule has 43 heavy (non-hydrogen) atoms. The summed E-state index contributed by atoms with van der Waals surface area (Å²) in [4.78, 5) is 36.0. The smallest absolute Gasteiger partial charge is 0.346 e. The van der Waals surface area contributed by atoms with Gasteiger partial charge >= 0.3 is 6.18 Å². The van der Waals surface area contributed by atoms with Crippen LogP contribution in [0.4, 0.5) is 13.2 Å². The normalized spacial score (nSPS) is 17.6. The van der Waals surface area contributed by atoms with Crippen molar-refractivity contribution in [3.05, 3.63) is 54.3 Å². The van der Waals surface area contributed by atoms with Crippen molar-refractivity contribution in [1.82, 2.24) is 49.8 Å². The zero-order chi connectivity index (χ0) is 30.2. The minimum Gasteiger partial charge on any atom is -0.346 e. The number of carbonyl (C=O) groups is 1. The second-order valence-electron chi connectivity index (χ2n) is 11.0. The summed E-state index contributed by atoms with van der Waals surface area (Å²) in [6, 6.07) is 5.73. The number of likely N-dealkylation sites (tertiary alicyclic amines) is 2. The van der Waals surface area contributed by atoms with Crippen LogP contribution in [0.2, 0.25) is 0 Å². The van der Waals surface area contributed by atoms with E-state index in [4.69, 9.17) is 0 Å². The monoisotopic (exact) mass is 593 g/mol. The van der Waals surface area contributed by atoms with Crippen LogP contribution in [-0.4, -0.2) is 89.2 Å². The predicted octanol–water partition coefficient (Wildman–Crippen LogP) is 2.97. The summed E-state index contributed by atoms with van der Waals surface area (Å²) >= 11 is 0. The van der Waals surface area contributed by atoms with Crippen LogP contribution in [0.5, 0.6) is 0 Å². The fraction of sp³-hybridized carbons (Fsp3) is 0.464. The van der Waals surface area contributed by atoms with Crippen LogP contribution in [0.1, 0.15) is 48.2 Å². The number of nitrogens with zero attached hydrogens (tertiary/aromatic N) is 9. The van der Waals surface area contributed by atoms with Crippen LogP contribution in [-0.2, 0) is 18.3 Å². The van der Waals surface area contributed by atoms with Crippen LogP contribution in [0, 0.1) is 11.3 Å². The van der Waals surface area contributed by atoms with Gasteiger partial charge in [-0.3, -0.25) is 14.4 Å². The molecule has 0 atom stereocenters. The molecule has 2 saturated heterocycles. The van der Waals surface area contributed by atoms with E-state index in [-0.39, 0.29) is 30.4 Å². The highest BCUT2D eigenvalue weighted by molar-refractivity contribution is 5.92. The summed E-state index contributed by atoms with van der Waals surface area (Å²) in [5.41, 5.74) is 1.72. The minimum absolute atomic E-state index is 0.108. The number of nitrogens with one attached hydrogen (secondary N) is 2. The molecule has 4 aromatic rings. The third-order valence-electron chi connectivity index (χ3n) is 8.17. The summed E-state index contributed by atoms with van der Waals surface area (Å²) in [5, 5.41) is 18.1. The van der Waals surface area contributed by atoms with Gasteiger partial charge in [0.15, 0.2) is 0 Å². The lowest BCUT2D eigenvalue weighted by Gasteiger charge is -2.53. The van der Waals surface area contributed by atoms with Gasteiger partial charge in [0, 0.05) is 62.1 Å². The lowest BCUT2D eigenvalue weighted by molar-refractivity contribution is -0.145. The van der Waals surface area contributed by atoms with Crippen molar-refractivity contribution < 1.29 is 18.0 Å². The Kier molecular flexibility index (Phi) is 7.57. The van der Waals surface area contributed by atoms with Crippen molar-refractivity contribution in [3.8, 4) is 17.3 Å². The summed E-state index contributed by atoms with van der Waals surface area (Å²) in [7, 11) is 0. The molecule has 6 rings (SSSR count). The molecule has 0 unspecified atom stereocenters. The molecule has 2 aliphatic heterocycles. The number of halogens is 3. The maximum atomic E-state index is 13.4. The second-order valence-corrected chi connectivity index (χ2v) is 11.0. The number of aromatic amines is 1. The van der Waals surface area contributed by atoms with Crippen molar-refractivity contribution in [1.29, 1.82) is 5.26 Å². The van der Waals surface area contributed by atoms with Crippen molar-refractivity contribution in [2.45, 2.75) is 50.5 Å². The van der Waals surface area contributed by atoms with E-state index in [0.717, 1.165) is 22.3 Å². The molecule has 2 fully saturated rings. The first-order valence-corrected chi connectivity index (χ1v) is 14.1. The molecular formula is C28H30F3N11O. The highest BCUT2D eigenvalue weighted by Gasteiger charge is 2.48. The highest BCUT2D eigenvalue weighted by atomic mass is 19.4. The van der Waals surface area contributed by atoms with Gasteiger partial charge in [0.2, 0.25) is 5.82 Å². The van der Waals surface area contributed by atoms with Crippen molar-refractivity contribution in [2.75, 3.05) is 32.7 Å². The van der Waals surface area contributed by atoms with Gasteiger partial charge in [-0.05, 0) is 31.5 Å². The van der Waals surface area contributed by atoms with E-state index >= 15 is 0 Å². The molecule has 0 aliphatic carbocycles. The number of rotatable bonds is 8. The fourth-order valence-electron chi connectivity index (χ4n) is 5.93. The third-order valence-corrected chi connectivity index (χ3v) is 8.17. The van der Waals surface area contributed by atoms with E-state index in [0.29, 0.717) is 45.6 Å². The van der Waals surface area contributed by atoms with Gasteiger partial charge in [0.05, 0.1) is 30.1 Å². The molecule has 0 spiro atoms. The SMILES string of the molecule is CCNCc1cc(C(=O)N2CCC(N3CC(CC#N)(n4cc(-c5ncnc6[nH]ccc56)cn4)C3)CC2)nc(C(F)(F)F)n1. The number of nitriles is 1. The van der Waals surface area contributed by atoms with E-state index in [1.54, 1.807) is 11.1 Å². The maximum absolute atomic E-state index is 13.4. The Morgan fingerprint density at radius 1 is 1.23 bits per heavy atom. The molecule has 12 nitrogen and oxygen atoms in total. The Balaban J connectivity index is 1.11. The summed E-state index contributed by atoms with van der Waals surface area (Å²) in [6.07, 6.45) is 3.84. The number of hydrogen-bond acceptors (Lipinski definition) is 9. The number of H-pyrrole nitrogens is 1. The van der Waals surface area contributed by atoms with Gasteiger partial charge in [-0.25, -0.2) is 19.9 Å². The topological polar surface area (TPSA) is 145 Å². The number of amides is 1. The fourth-order valence-corrected chi connectivity index (χ4v) is 5.93. The van der Waals surface area contributed by atoms with Crippen LogP contribution in [0.15, 0.2) is 37.1 Å². The Hall–Kier alpha value is -4.42. The number of carbonyl (C=O) groups excluding carboxylic acids is 1. The lowest BCUT2D eigenvalue weighted by Crippen LogP contribution is -2.66. The molecule has 0 saturated carbocycles. The summed E-state index contributed by atoms with van der Waals surface area (Å²) in [5.74, 6) is -1.84. The molecule has 1 amide bonds. The van der Waals surface area contributed by atoms with Crippen LogP contribution in [0.3, 0.4) is 0 Å². The first-order valence-electron chi connectivity index (χ1n) is 14.1. The standard InChI is InChI=1S/C28H30F3N11O/c1-2-33-13-19-11-22(39-26(38-19)28(29,30)31)25(43)40-9-4-20(5-10-40)41-15-27(16-41,6-7-32)42-14-18(12-37-42)23-21-3-8-34-24(21)36-17-35-23/h3,8,11-12,14,17,20,33H,2,4-6,9-10,13,15-16H2,1H3,(H,34,35,36). The van der Waals surface area contributed by atoms with Crippen LogP contribution >= 0.6 is 0 Å². The molecule has 15 heteroatoms. The average Bonchev–Trinajstić information content (AvgIpc) is 3.67. The Labute approximate surface area is 245 Å². The number of fused-ring (bicyclic) bond motifs is 1. The van der Waals surface area contributed by atoms with Crippen molar-refractivity contribution in [2.24, 2.45) is 0 Å². The van der Waals surface area contributed by atoms with Gasteiger partial charge in [-0.2, -0.15) is 23.5 Å². The van der Waals surface area contributed by atoms with E-state index in [1.807, 2.05) is 30.1 Å². The van der Waals surface area contributed by atoms with E-state index in [1.165, 1.54) is 12.4 Å². The summed E-state index contributed by atoms with van der Waals surface area (Å²) < 4.78 is 42.1. The number of alkyl halides is 3. The number of hydrogen-bond donors (Lipinski definition) is 2. The molecule has 2 N–H and O–H groups in total. The van der Waals surface area contributed by atoms with Gasteiger partial charge in [-0.15, -0.1) is 0 Å². The second kappa shape index (κ2) is 11.3. The molecule has 4 aromatic heterocycles. The molecule has 6 heterocycles. The zero-order valence-electron chi connectivity index (χ0n) is 23.5. The number of aromatic nitrogens is 7. The van der Waals surface area contributed by atoms with Crippen LogP contribution in [0.25, 0.3) is 22.3 Å². The number of piperidine rings is 1. The van der Waals surface area contributed by atoms with Gasteiger partial charge in [-0.1, -0.05) is 6.92 Å². The molecule has 0 bridgehead atoms. The van der Waals surface area contributed by atoms with E-state index in [2.05, 4.69) is 46.3 Å². The van der Waals surface area contributed by atoms with E-state index < -0.39 is 23.4 Å². The van der Waals surface area contributed by atoms with Crippen LogP contribution < -0.4 is 5.32 Å². The Morgan fingerprint density at radius 2 is 2.02 bits per heavy atom. The predicted molar refractivity (Wildman–Crippen MR) is 148 cm³/mol. The average molecular weight is 594 g/mol.